The molecule has 2 aliphatic rings. The number of piperidine rings is 1. The van der Waals surface area contributed by atoms with Gasteiger partial charge in [0.15, 0.2) is 0 Å². The van der Waals surface area contributed by atoms with E-state index in [9.17, 15) is 9.59 Å². The first-order chi connectivity index (χ1) is 8.68. The van der Waals surface area contributed by atoms with Crippen molar-refractivity contribution >= 4 is 11.8 Å². The summed E-state index contributed by atoms with van der Waals surface area (Å²) in [5.74, 6) is -0.485. The maximum Gasteiger partial charge on any atom is 0.242 e. The average Bonchev–Trinajstić information content (AvgIpc) is 2.40. The van der Waals surface area contributed by atoms with Crippen LogP contribution in [0.25, 0.3) is 0 Å². The fourth-order valence-electron chi connectivity index (χ4n) is 2.56. The second kappa shape index (κ2) is 6.15. The number of carbonyl (C=O) groups is 2. The van der Waals surface area contributed by atoms with E-state index in [0.29, 0.717) is 19.6 Å². The molecule has 3 N–H and O–H groups in total. The predicted molar refractivity (Wildman–Crippen MR) is 65.8 cm³/mol. The number of hydrogen-bond donors (Lipinski definition) is 2. The third-order valence-electron chi connectivity index (χ3n) is 3.61. The van der Waals surface area contributed by atoms with Crippen molar-refractivity contribution in [2.45, 2.75) is 37.8 Å². The maximum atomic E-state index is 12.2. The fourth-order valence-corrected chi connectivity index (χ4v) is 2.56. The van der Waals surface area contributed by atoms with E-state index in [4.69, 9.17) is 10.5 Å². The van der Waals surface area contributed by atoms with E-state index >= 15 is 0 Å². The molecule has 2 atom stereocenters. The van der Waals surface area contributed by atoms with Crippen molar-refractivity contribution in [2.24, 2.45) is 5.73 Å². The van der Waals surface area contributed by atoms with Gasteiger partial charge in [0.25, 0.3) is 0 Å². The van der Waals surface area contributed by atoms with Crippen molar-refractivity contribution in [3.05, 3.63) is 0 Å². The lowest BCUT2D eigenvalue weighted by Crippen LogP contribution is -2.55. The van der Waals surface area contributed by atoms with Crippen LogP contribution in [0.2, 0.25) is 0 Å². The third kappa shape index (κ3) is 3.20. The molecule has 6 heteroatoms. The molecule has 18 heavy (non-hydrogen) atoms. The van der Waals surface area contributed by atoms with Crippen LogP contribution in [0.5, 0.6) is 0 Å². The normalized spacial score (nSPS) is 29.0. The van der Waals surface area contributed by atoms with Gasteiger partial charge in [-0.05, 0) is 19.4 Å². The van der Waals surface area contributed by atoms with Gasteiger partial charge < -0.3 is 20.7 Å². The standard InChI is InChI=1S/C12H21N3O3/c13-12(17)10-8-18-6-5-15(10)11(16)7-9-3-1-2-4-14-9/h9-10,14H,1-8H2,(H2,13,17). The Balaban J connectivity index is 1.91. The molecule has 0 radical (unpaired) electrons. The smallest absolute Gasteiger partial charge is 0.242 e. The molecule has 102 valence electrons. The van der Waals surface area contributed by atoms with E-state index in [1.807, 2.05) is 0 Å². The molecule has 0 aromatic rings. The second-order valence-corrected chi connectivity index (χ2v) is 4.93. The Bertz CT molecular complexity index is 316. The summed E-state index contributed by atoms with van der Waals surface area (Å²) in [5, 5.41) is 3.34. The zero-order valence-electron chi connectivity index (χ0n) is 10.6. The third-order valence-corrected chi connectivity index (χ3v) is 3.61. The first-order valence-electron chi connectivity index (χ1n) is 6.58. The Morgan fingerprint density at radius 3 is 2.89 bits per heavy atom. The number of amides is 2. The number of nitrogens with one attached hydrogen (secondary N) is 1. The van der Waals surface area contributed by atoms with E-state index < -0.39 is 11.9 Å². The van der Waals surface area contributed by atoms with Crippen molar-refractivity contribution in [1.29, 1.82) is 0 Å². The molecule has 6 nitrogen and oxygen atoms in total. The number of morpholine rings is 1. The minimum atomic E-state index is -0.602. The van der Waals surface area contributed by atoms with Crippen LogP contribution in [-0.4, -0.2) is 55.1 Å². The molecule has 0 aliphatic carbocycles. The first-order valence-corrected chi connectivity index (χ1v) is 6.58. The molecular weight excluding hydrogens is 234 g/mol. The molecule has 2 heterocycles. The second-order valence-electron chi connectivity index (χ2n) is 4.93. The van der Waals surface area contributed by atoms with Gasteiger partial charge in [-0.25, -0.2) is 0 Å². The molecule has 0 saturated carbocycles. The highest BCUT2D eigenvalue weighted by Crippen LogP contribution is 2.14. The van der Waals surface area contributed by atoms with E-state index in [1.165, 1.54) is 6.42 Å². The SMILES string of the molecule is NC(=O)C1COCCN1C(=O)CC1CCCCN1. The van der Waals surface area contributed by atoms with Gasteiger partial charge in [-0.15, -0.1) is 0 Å². The van der Waals surface area contributed by atoms with Crippen LogP contribution in [0.4, 0.5) is 0 Å². The highest BCUT2D eigenvalue weighted by atomic mass is 16.5. The Morgan fingerprint density at radius 2 is 2.22 bits per heavy atom. The molecule has 2 aliphatic heterocycles. The fraction of sp³-hybridized carbons (Fsp3) is 0.833. The summed E-state index contributed by atoms with van der Waals surface area (Å²) in [6.45, 7) is 2.13. The minimum Gasteiger partial charge on any atom is -0.377 e. The summed E-state index contributed by atoms with van der Waals surface area (Å²) < 4.78 is 5.20. The van der Waals surface area contributed by atoms with Crippen molar-refractivity contribution in [1.82, 2.24) is 10.2 Å². The number of carbonyl (C=O) groups excluding carboxylic acids is 2. The van der Waals surface area contributed by atoms with Crippen LogP contribution >= 0.6 is 0 Å². The van der Waals surface area contributed by atoms with E-state index in [2.05, 4.69) is 5.32 Å². The molecule has 0 spiro atoms. The lowest BCUT2D eigenvalue weighted by Gasteiger charge is -2.35. The summed E-state index contributed by atoms with van der Waals surface area (Å²) in [6, 6.07) is -0.363. The lowest BCUT2D eigenvalue weighted by atomic mass is 10.0. The largest absolute Gasteiger partial charge is 0.377 e. The van der Waals surface area contributed by atoms with Crippen molar-refractivity contribution in [2.75, 3.05) is 26.3 Å². The molecule has 2 rings (SSSR count). The predicted octanol–water partition coefficient (Wildman–Crippen LogP) is -0.769. The number of ether oxygens (including phenoxy) is 1. The summed E-state index contributed by atoms with van der Waals surface area (Å²) >= 11 is 0. The average molecular weight is 255 g/mol. The number of primary amides is 1. The molecular formula is C12H21N3O3. The molecule has 0 bridgehead atoms. The highest BCUT2D eigenvalue weighted by Gasteiger charge is 2.32. The maximum absolute atomic E-state index is 12.2. The number of nitrogens with two attached hydrogens (primary N) is 1. The highest BCUT2D eigenvalue weighted by molar-refractivity contribution is 5.87. The molecule has 2 unspecified atom stereocenters. The monoisotopic (exact) mass is 255 g/mol. The number of hydrogen-bond acceptors (Lipinski definition) is 4. The van der Waals surface area contributed by atoms with Crippen LogP contribution in [0.15, 0.2) is 0 Å². The van der Waals surface area contributed by atoms with Gasteiger partial charge in [0, 0.05) is 19.0 Å². The summed E-state index contributed by atoms with van der Waals surface area (Å²) in [7, 11) is 0. The molecule has 2 amide bonds. The topological polar surface area (TPSA) is 84.7 Å². The molecule has 2 fully saturated rings. The summed E-state index contributed by atoms with van der Waals surface area (Å²) in [4.78, 5) is 25.1. The van der Waals surface area contributed by atoms with Gasteiger partial charge >= 0.3 is 0 Å². The Kier molecular flexibility index (Phi) is 4.54. The van der Waals surface area contributed by atoms with E-state index in [1.54, 1.807) is 4.90 Å². The van der Waals surface area contributed by atoms with Crippen LogP contribution in [0.3, 0.4) is 0 Å². The van der Waals surface area contributed by atoms with Gasteiger partial charge in [-0.1, -0.05) is 6.42 Å². The van der Waals surface area contributed by atoms with Crippen molar-refractivity contribution in [3.63, 3.8) is 0 Å². The van der Waals surface area contributed by atoms with E-state index in [0.717, 1.165) is 19.4 Å². The van der Waals surface area contributed by atoms with Crippen LogP contribution < -0.4 is 11.1 Å². The van der Waals surface area contributed by atoms with Gasteiger partial charge in [-0.3, -0.25) is 9.59 Å². The zero-order chi connectivity index (χ0) is 13.0. The van der Waals surface area contributed by atoms with Gasteiger partial charge in [-0.2, -0.15) is 0 Å². The number of nitrogens with zero attached hydrogens (tertiary/aromatic N) is 1. The molecule has 2 saturated heterocycles. The van der Waals surface area contributed by atoms with Gasteiger partial charge in [0.1, 0.15) is 6.04 Å². The van der Waals surface area contributed by atoms with Crippen LogP contribution in [0.1, 0.15) is 25.7 Å². The Labute approximate surface area is 107 Å². The van der Waals surface area contributed by atoms with Crippen LogP contribution in [-0.2, 0) is 14.3 Å². The van der Waals surface area contributed by atoms with Crippen molar-refractivity contribution in [3.8, 4) is 0 Å². The Morgan fingerprint density at radius 1 is 1.39 bits per heavy atom. The quantitative estimate of drug-likeness (QED) is 0.693. The summed E-state index contributed by atoms with van der Waals surface area (Å²) in [6.07, 6.45) is 3.81. The lowest BCUT2D eigenvalue weighted by molar-refractivity contribution is -0.147. The first kappa shape index (κ1) is 13.3. The number of rotatable bonds is 3. The van der Waals surface area contributed by atoms with Crippen molar-refractivity contribution < 1.29 is 14.3 Å². The molecule has 0 aromatic carbocycles. The van der Waals surface area contributed by atoms with E-state index in [-0.39, 0.29) is 18.6 Å². The minimum absolute atomic E-state index is 0.00139. The zero-order valence-corrected chi connectivity index (χ0v) is 10.6. The van der Waals surface area contributed by atoms with Gasteiger partial charge in [0.2, 0.25) is 11.8 Å². The van der Waals surface area contributed by atoms with Gasteiger partial charge in [0.05, 0.1) is 13.2 Å². The summed E-state index contributed by atoms with van der Waals surface area (Å²) in [5.41, 5.74) is 5.30. The Hall–Kier alpha value is -1.14. The molecule has 0 aromatic heterocycles. The van der Waals surface area contributed by atoms with Crippen LogP contribution in [0, 0.1) is 0 Å².